The van der Waals surface area contributed by atoms with Gasteiger partial charge in [-0.3, -0.25) is 0 Å². The van der Waals surface area contributed by atoms with Gasteiger partial charge in [0.2, 0.25) is 13.4 Å². The Morgan fingerprint density at radius 2 is 0.672 bits per heavy atom. The lowest BCUT2D eigenvalue weighted by Crippen LogP contribution is -2.65. The molecule has 308 valence electrons. The average Bonchev–Trinajstić information content (AvgIpc) is 3.41. The molecule has 10 aromatic rings. The fourth-order valence-corrected chi connectivity index (χ4v) is 9.99. The summed E-state index contributed by atoms with van der Waals surface area (Å²) in [5, 5.41) is 0. The quantitative estimate of drug-likeness (QED) is 0.119. The molecule has 0 spiro atoms. The molecule has 0 saturated carbocycles. The largest absolute Gasteiger partial charge is 0.313 e. The maximum Gasteiger partial charge on any atom is 0.246 e. The fourth-order valence-electron chi connectivity index (χ4n) is 9.99. The molecule has 2 aliphatic heterocycles. The summed E-state index contributed by atoms with van der Waals surface area (Å²) in [6, 6.07) is 77.2. The lowest BCUT2D eigenvalue weighted by Gasteiger charge is -2.44. The highest BCUT2D eigenvalue weighted by Gasteiger charge is 2.43. The molecular formula is C61H38B2N4. The molecule has 0 bridgehead atoms. The minimum atomic E-state index is -0.109. The predicted molar refractivity (Wildman–Crippen MR) is 280 cm³/mol. The van der Waals surface area contributed by atoms with Crippen molar-refractivity contribution in [1.29, 1.82) is 0 Å². The van der Waals surface area contributed by atoms with E-state index in [0.29, 0.717) is 17.5 Å². The van der Waals surface area contributed by atoms with Crippen molar-refractivity contribution < 1.29 is 0 Å². The van der Waals surface area contributed by atoms with Crippen LogP contribution < -0.4 is 37.7 Å². The van der Waals surface area contributed by atoms with Crippen molar-refractivity contribution in [3.05, 3.63) is 230 Å². The van der Waals surface area contributed by atoms with Crippen molar-refractivity contribution in [1.82, 2.24) is 15.0 Å². The van der Waals surface area contributed by atoms with Gasteiger partial charge in [-0.2, -0.15) is 0 Å². The van der Waals surface area contributed by atoms with E-state index in [9.17, 15) is 0 Å². The summed E-state index contributed by atoms with van der Waals surface area (Å²) >= 11 is 0. The number of nitrogens with zero attached hydrogens (tertiary/aromatic N) is 4. The maximum atomic E-state index is 5.70. The molecule has 0 aliphatic carbocycles. The molecule has 0 saturated heterocycles. The van der Waals surface area contributed by atoms with Gasteiger partial charge < -0.3 is 4.90 Å². The number of hydrogen-bond donors (Lipinski definition) is 0. The molecule has 6 heteroatoms. The third kappa shape index (κ3) is 7.01. The molecule has 0 unspecified atom stereocenters. The Morgan fingerprint density at radius 3 is 1.06 bits per heavy atom. The van der Waals surface area contributed by atoms with Gasteiger partial charge in [0.05, 0.1) is 0 Å². The normalized spacial score (nSPS) is 12.1. The first-order valence-corrected chi connectivity index (χ1v) is 22.5. The van der Waals surface area contributed by atoms with Crippen molar-refractivity contribution in [2.45, 2.75) is 0 Å². The summed E-state index contributed by atoms with van der Waals surface area (Å²) in [7, 11) is 0. The number of para-hydroxylation sites is 2. The van der Waals surface area contributed by atoms with Gasteiger partial charge >= 0.3 is 0 Å². The number of benzene rings is 9. The van der Waals surface area contributed by atoms with Gasteiger partial charge in [0.15, 0.2) is 17.5 Å². The van der Waals surface area contributed by atoms with Crippen LogP contribution in [0.5, 0.6) is 0 Å². The molecule has 1 aromatic heterocycles. The molecule has 2 aliphatic rings. The number of aromatic nitrogens is 3. The Morgan fingerprint density at radius 1 is 0.328 bits per heavy atom. The molecule has 0 amide bonds. The Bertz CT molecular complexity index is 3350. The monoisotopic (exact) mass is 848 g/mol. The van der Waals surface area contributed by atoms with E-state index in [-0.39, 0.29) is 13.4 Å². The standard InChI is InChI=1S/C61H38B2N4/c1-3-41-23-27-43(28-24-41)45-31-35-50(36-32-45)62-52-19-11-13-21-56(52)67-57-22-14-12-20-53(57)63(51-37-33-46(34-38-51)44-29-25-42(4-2)26-30-44)55-40-49(39-54(62)58(55)67)61-65-59(47-15-7-5-8-16-47)64-60(66-61)48-17-9-6-10-18-48/h1-2,5-40H. The van der Waals surface area contributed by atoms with E-state index in [0.717, 1.165) is 61.4 Å². The zero-order chi connectivity index (χ0) is 44.8. The maximum absolute atomic E-state index is 5.70. The Hall–Kier alpha value is -8.96. The first-order valence-electron chi connectivity index (χ1n) is 22.5. The Kier molecular flexibility index (Phi) is 9.79. The lowest BCUT2D eigenvalue weighted by atomic mass is 9.30. The fraction of sp³-hybridized carbons (Fsp3) is 0. The summed E-state index contributed by atoms with van der Waals surface area (Å²) in [5.41, 5.74) is 19.7. The van der Waals surface area contributed by atoms with Gasteiger partial charge in [0.25, 0.3) is 0 Å². The molecule has 0 N–H and O–H groups in total. The summed E-state index contributed by atoms with van der Waals surface area (Å²) in [6.45, 7) is -0.218. The number of anilines is 3. The van der Waals surface area contributed by atoms with Gasteiger partial charge in [-0.15, -0.1) is 12.8 Å². The highest BCUT2D eigenvalue weighted by atomic mass is 15.2. The third-order valence-electron chi connectivity index (χ3n) is 13.2. The van der Waals surface area contributed by atoms with Crippen LogP contribution in [0.1, 0.15) is 11.1 Å². The van der Waals surface area contributed by atoms with Crippen LogP contribution in [-0.4, -0.2) is 28.4 Å². The molecule has 9 aromatic carbocycles. The van der Waals surface area contributed by atoms with E-state index >= 15 is 0 Å². The van der Waals surface area contributed by atoms with Crippen molar-refractivity contribution in [3.63, 3.8) is 0 Å². The average molecular weight is 849 g/mol. The number of rotatable bonds is 7. The highest BCUT2D eigenvalue weighted by Crippen LogP contribution is 2.39. The van der Waals surface area contributed by atoms with Crippen molar-refractivity contribution >= 4 is 63.3 Å². The van der Waals surface area contributed by atoms with Crippen LogP contribution in [-0.2, 0) is 0 Å². The molecule has 67 heavy (non-hydrogen) atoms. The minimum Gasteiger partial charge on any atom is -0.313 e. The zero-order valence-corrected chi connectivity index (χ0v) is 36.4. The number of fused-ring (bicyclic) bond motifs is 4. The van der Waals surface area contributed by atoms with E-state index in [1.54, 1.807) is 0 Å². The molecule has 3 heterocycles. The third-order valence-corrected chi connectivity index (χ3v) is 13.2. The van der Waals surface area contributed by atoms with Crippen LogP contribution in [0, 0.1) is 24.7 Å². The Balaban J connectivity index is 1.11. The van der Waals surface area contributed by atoms with Gasteiger partial charge in [0, 0.05) is 44.9 Å². The number of terminal acetylenes is 2. The van der Waals surface area contributed by atoms with E-state index in [1.165, 1.54) is 38.5 Å². The summed E-state index contributed by atoms with van der Waals surface area (Å²) in [4.78, 5) is 18.2. The Labute approximate surface area is 391 Å². The molecule has 12 rings (SSSR count). The van der Waals surface area contributed by atoms with Crippen LogP contribution in [0.15, 0.2) is 218 Å². The second kappa shape index (κ2) is 16.5. The predicted octanol–water partition coefficient (Wildman–Crippen LogP) is 9.30. The van der Waals surface area contributed by atoms with E-state index in [2.05, 4.69) is 174 Å². The van der Waals surface area contributed by atoms with E-state index in [4.69, 9.17) is 27.8 Å². The lowest BCUT2D eigenvalue weighted by molar-refractivity contribution is 1.07. The molecular weight excluding hydrogens is 810 g/mol. The second-order valence-corrected chi connectivity index (χ2v) is 17.0. The van der Waals surface area contributed by atoms with E-state index < -0.39 is 0 Å². The van der Waals surface area contributed by atoms with Gasteiger partial charge in [-0.25, -0.2) is 15.0 Å². The molecule has 0 radical (unpaired) electrons. The number of hydrogen-bond acceptors (Lipinski definition) is 4. The van der Waals surface area contributed by atoms with Crippen LogP contribution >= 0.6 is 0 Å². The summed E-state index contributed by atoms with van der Waals surface area (Å²) in [6.07, 6.45) is 11.4. The topological polar surface area (TPSA) is 41.9 Å². The summed E-state index contributed by atoms with van der Waals surface area (Å²) in [5.74, 6) is 7.35. The molecule has 0 atom stereocenters. The first kappa shape index (κ1) is 39.6. The van der Waals surface area contributed by atoms with Gasteiger partial charge in [-0.05, 0) is 80.5 Å². The van der Waals surface area contributed by atoms with Crippen molar-refractivity contribution in [2.75, 3.05) is 4.90 Å². The van der Waals surface area contributed by atoms with Crippen LogP contribution in [0.25, 0.3) is 56.4 Å². The smallest absolute Gasteiger partial charge is 0.246 e. The zero-order valence-electron chi connectivity index (χ0n) is 36.4. The van der Waals surface area contributed by atoms with Crippen molar-refractivity contribution in [2.24, 2.45) is 0 Å². The van der Waals surface area contributed by atoms with Crippen LogP contribution in [0.3, 0.4) is 0 Å². The highest BCUT2D eigenvalue weighted by molar-refractivity contribution is 7.02. The SMILES string of the molecule is C#Cc1ccc(-c2ccc(B3c4ccccc4N4c5ccccc5B(c5ccc(-c6ccc(C#C)cc6)cc5)c5cc(-c6nc(-c7ccccc7)nc(-c7ccccc7)n6)cc3c54)cc2)cc1. The first-order chi connectivity index (χ1) is 33.1. The summed E-state index contributed by atoms with van der Waals surface area (Å²) < 4.78 is 0. The van der Waals surface area contributed by atoms with Crippen molar-refractivity contribution in [3.8, 4) is 81.1 Å². The second-order valence-electron chi connectivity index (χ2n) is 17.0. The molecule has 0 fully saturated rings. The van der Waals surface area contributed by atoms with Crippen LogP contribution in [0.2, 0.25) is 0 Å². The van der Waals surface area contributed by atoms with E-state index in [1.807, 2.05) is 60.7 Å². The van der Waals surface area contributed by atoms with Gasteiger partial charge in [0.1, 0.15) is 0 Å². The molecule has 4 nitrogen and oxygen atoms in total. The van der Waals surface area contributed by atoms with Gasteiger partial charge in [-0.1, -0.05) is 205 Å². The minimum absolute atomic E-state index is 0.109. The van der Waals surface area contributed by atoms with Crippen LogP contribution in [0.4, 0.5) is 17.1 Å².